The second-order valence-electron chi connectivity index (χ2n) is 4.56. The van der Waals surface area contributed by atoms with E-state index in [1.807, 2.05) is 12.1 Å². The average Bonchev–Trinajstić information content (AvgIpc) is 2.71. The third kappa shape index (κ3) is 3.14. The van der Waals surface area contributed by atoms with Crippen LogP contribution in [0.5, 0.6) is 0 Å². The van der Waals surface area contributed by atoms with Crippen LogP contribution in [0, 0.1) is 5.92 Å². The quantitative estimate of drug-likeness (QED) is 0.815. The lowest BCUT2D eigenvalue weighted by atomic mass is 10.1. The minimum Gasteiger partial charge on any atom is -0.478 e. The molecule has 0 spiro atoms. The molecule has 2 rings (SSSR count). The highest BCUT2D eigenvalue weighted by Gasteiger charge is 2.22. The molecule has 0 saturated carbocycles. The van der Waals surface area contributed by atoms with Crippen LogP contribution in [-0.4, -0.2) is 18.5 Å². The highest BCUT2D eigenvalue weighted by Crippen LogP contribution is 2.23. The van der Waals surface area contributed by atoms with Gasteiger partial charge in [-0.25, -0.2) is 4.99 Å². The summed E-state index contributed by atoms with van der Waals surface area (Å²) in [5, 5.41) is 1.31. The first kappa shape index (κ1) is 12.7. The number of nitrogens with zero attached hydrogens (tertiary/aromatic N) is 1. The summed E-state index contributed by atoms with van der Waals surface area (Å²) in [7, 11) is 0. The second-order valence-corrected chi connectivity index (χ2v) is 5.40. The zero-order valence-corrected chi connectivity index (χ0v) is 11.4. The largest absolute Gasteiger partial charge is 0.478 e. The summed E-state index contributed by atoms with van der Waals surface area (Å²) >= 11 is 12.0. The fourth-order valence-electron chi connectivity index (χ4n) is 1.71. The first-order valence-electron chi connectivity index (χ1n) is 5.69. The van der Waals surface area contributed by atoms with Gasteiger partial charge in [-0.15, -0.1) is 0 Å². The molecule has 0 bridgehead atoms. The normalized spacial score (nSPS) is 19.4. The van der Waals surface area contributed by atoms with Gasteiger partial charge in [-0.2, -0.15) is 0 Å². The van der Waals surface area contributed by atoms with Crippen molar-refractivity contribution in [2.24, 2.45) is 10.9 Å². The molecule has 1 aromatic rings. The van der Waals surface area contributed by atoms with Crippen molar-refractivity contribution in [3.05, 3.63) is 33.8 Å². The molecule has 4 heteroatoms. The lowest BCUT2D eigenvalue weighted by molar-refractivity contribution is 0.287. The molecule has 1 atom stereocenters. The van der Waals surface area contributed by atoms with Gasteiger partial charge in [0.2, 0.25) is 0 Å². The molecule has 17 heavy (non-hydrogen) atoms. The summed E-state index contributed by atoms with van der Waals surface area (Å²) in [6, 6.07) is 5.77. The molecular weight excluding hydrogens is 257 g/mol. The van der Waals surface area contributed by atoms with E-state index in [-0.39, 0.29) is 6.04 Å². The molecule has 2 nitrogen and oxygen atoms in total. The number of rotatable bonds is 3. The van der Waals surface area contributed by atoms with Gasteiger partial charge in [0.1, 0.15) is 6.61 Å². The van der Waals surface area contributed by atoms with E-state index < -0.39 is 0 Å². The van der Waals surface area contributed by atoms with Crippen molar-refractivity contribution in [2.45, 2.75) is 26.3 Å². The van der Waals surface area contributed by atoms with Crippen LogP contribution in [0.25, 0.3) is 0 Å². The van der Waals surface area contributed by atoms with Crippen molar-refractivity contribution < 1.29 is 4.74 Å². The smallest absolute Gasteiger partial charge is 0.188 e. The van der Waals surface area contributed by atoms with E-state index in [0.29, 0.717) is 29.0 Å². The molecule has 0 amide bonds. The number of ether oxygens (including phenoxy) is 1. The molecule has 0 unspecified atom stereocenters. The third-order valence-corrected chi connectivity index (χ3v) is 3.44. The van der Waals surface area contributed by atoms with Gasteiger partial charge in [0, 0.05) is 16.5 Å². The summed E-state index contributed by atoms with van der Waals surface area (Å²) < 4.78 is 5.57. The summed E-state index contributed by atoms with van der Waals surface area (Å²) in [5.74, 6) is 1.28. The van der Waals surface area contributed by atoms with E-state index in [0.717, 1.165) is 11.5 Å². The van der Waals surface area contributed by atoms with E-state index in [1.54, 1.807) is 6.07 Å². The predicted octanol–water partition coefficient (Wildman–Crippen LogP) is 3.99. The zero-order chi connectivity index (χ0) is 12.4. The molecule has 0 aliphatic carbocycles. The van der Waals surface area contributed by atoms with Crippen LogP contribution in [0.4, 0.5) is 0 Å². The maximum atomic E-state index is 6.11. The number of benzene rings is 1. The van der Waals surface area contributed by atoms with Gasteiger partial charge in [-0.1, -0.05) is 43.1 Å². The molecule has 1 aliphatic heterocycles. The molecule has 0 radical (unpaired) electrons. The van der Waals surface area contributed by atoms with Crippen LogP contribution in [-0.2, 0) is 11.2 Å². The van der Waals surface area contributed by atoms with Gasteiger partial charge < -0.3 is 4.74 Å². The van der Waals surface area contributed by atoms with E-state index in [2.05, 4.69) is 18.8 Å². The predicted molar refractivity (Wildman–Crippen MR) is 72.2 cm³/mol. The first-order valence-corrected chi connectivity index (χ1v) is 6.45. The van der Waals surface area contributed by atoms with Crippen molar-refractivity contribution in [3.63, 3.8) is 0 Å². The van der Waals surface area contributed by atoms with Crippen LogP contribution >= 0.6 is 23.2 Å². The Kier molecular flexibility index (Phi) is 3.95. The Morgan fingerprint density at radius 3 is 2.76 bits per heavy atom. The Balaban J connectivity index is 2.09. The zero-order valence-electron chi connectivity index (χ0n) is 9.91. The maximum absolute atomic E-state index is 6.11. The topological polar surface area (TPSA) is 21.6 Å². The van der Waals surface area contributed by atoms with Gasteiger partial charge in [0.25, 0.3) is 0 Å². The van der Waals surface area contributed by atoms with Crippen LogP contribution < -0.4 is 0 Å². The van der Waals surface area contributed by atoms with Crippen molar-refractivity contribution in [2.75, 3.05) is 6.61 Å². The van der Waals surface area contributed by atoms with E-state index >= 15 is 0 Å². The summed E-state index contributed by atoms with van der Waals surface area (Å²) in [6.45, 7) is 4.98. The molecule has 1 aromatic carbocycles. The number of aliphatic imine (C=N–C) groups is 1. The number of hydrogen-bond donors (Lipinski definition) is 0. The fraction of sp³-hybridized carbons (Fsp3) is 0.462. The van der Waals surface area contributed by atoms with Crippen LogP contribution in [0.1, 0.15) is 19.4 Å². The van der Waals surface area contributed by atoms with Crippen LogP contribution in [0.2, 0.25) is 10.0 Å². The molecular formula is C13H15Cl2NO. The fourth-order valence-corrected chi connectivity index (χ4v) is 2.18. The van der Waals surface area contributed by atoms with Gasteiger partial charge in [-0.05, 0) is 23.6 Å². The van der Waals surface area contributed by atoms with Crippen molar-refractivity contribution in [1.29, 1.82) is 0 Å². The maximum Gasteiger partial charge on any atom is 0.188 e. The molecule has 1 heterocycles. The van der Waals surface area contributed by atoms with Gasteiger partial charge in [-0.3, -0.25) is 0 Å². The monoisotopic (exact) mass is 271 g/mol. The van der Waals surface area contributed by atoms with Gasteiger partial charge in [0.05, 0.1) is 6.04 Å². The molecule has 92 valence electrons. The summed E-state index contributed by atoms with van der Waals surface area (Å²) in [6.07, 6.45) is 0.638. The Hall–Kier alpha value is -0.730. The standard InChI is InChI=1S/C13H15Cl2NO/c1-8(2)12-7-17-13(16-12)5-9-3-4-10(14)6-11(9)15/h3-4,6,8,12H,5,7H2,1-2H3/t12-/m1/s1. The minimum absolute atomic E-state index is 0.274. The Bertz CT molecular complexity index is 443. The molecule has 0 N–H and O–H groups in total. The van der Waals surface area contributed by atoms with Crippen LogP contribution in [0.3, 0.4) is 0 Å². The van der Waals surface area contributed by atoms with Crippen molar-refractivity contribution in [3.8, 4) is 0 Å². The van der Waals surface area contributed by atoms with E-state index in [4.69, 9.17) is 27.9 Å². The molecule has 1 aliphatic rings. The van der Waals surface area contributed by atoms with Crippen LogP contribution in [0.15, 0.2) is 23.2 Å². The third-order valence-electron chi connectivity index (χ3n) is 2.86. The minimum atomic E-state index is 0.274. The highest BCUT2D eigenvalue weighted by molar-refractivity contribution is 6.35. The highest BCUT2D eigenvalue weighted by atomic mass is 35.5. The van der Waals surface area contributed by atoms with Gasteiger partial charge in [0.15, 0.2) is 5.90 Å². The first-order chi connectivity index (χ1) is 8.06. The summed E-state index contributed by atoms with van der Waals surface area (Å²) in [4.78, 5) is 4.55. The Morgan fingerprint density at radius 2 is 2.18 bits per heavy atom. The number of hydrogen-bond acceptors (Lipinski definition) is 2. The molecule has 0 fully saturated rings. The second kappa shape index (κ2) is 5.28. The summed E-state index contributed by atoms with van der Waals surface area (Å²) in [5.41, 5.74) is 0.999. The SMILES string of the molecule is CC(C)[C@H]1COC(Cc2ccc(Cl)cc2Cl)=N1. The van der Waals surface area contributed by atoms with Crippen molar-refractivity contribution >= 4 is 29.1 Å². The van der Waals surface area contributed by atoms with E-state index in [9.17, 15) is 0 Å². The van der Waals surface area contributed by atoms with E-state index in [1.165, 1.54) is 0 Å². The average molecular weight is 272 g/mol. The lowest BCUT2D eigenvalue weighted by Crippen LogP contribution is -2.13. The molecule has 0 aromatic heterocycles. The Labute approximate surface area is 112 Å². The van der Waals surface area contributed by atoms with Gasteiger partial charge >= 0.3 is 0 Å². The lowest BCUT2D eigenvalue weighted by Gasteiger charge is -2.06. The Morgan fingerprint density at radius 1 is 1.41 bits per heavy atom. The molecule has 0 saturated heterocycles. The number of halogens is 2. The van der Waals surface area contributed by atoms with Crippen molar-refractivity contribution in [1.82, 2.24) is 0 Å².